The van der Waals surface area contributed by atoms with E-state index in [2.05, 4.69) is 16.0 Å². The van der Waals surface area contributed by atoms with E-state index >= 15 is 0 Å². The van der Waals surface area contributed by atoms with Crippen molar-refractivity contribution in [1.82, 2.24) is 4.98 Å². The van der Waals surface area contributed by atoms with Crippen LogP contribution in [-0.4, -0.2) is 18.1 Å². The van der Waals surface area contributed by atoms with Crippen LogP contribution < -0.4 is 9.64 Å². The van der Waals surface area contributed by atoms with Gasteiger partial charge in [-0.1, -0.05) is 12.8 Å². The van der Waals surface area contributed by atoms with Gasteiger partial charge in [0.1, 0.15) is 17.6 Å². The van der Waals surface area contributed by atoms with Crippen molar-refractivity contribution in [3.05, 3.63) is 41.7 Å². The monoisotopic (exact) mass is 315 g/mol. The second-order valence-electron chi connectivity index (χ2n) is 5.52. The summed E-state index contributed by atoms with van der Waals surface area (Å²) in [6, 6.07) is 7.82. The molecule has 1 saturated heterocycles. The maximum absolute atomic E-state index is 12.9. The maximum Gasteiger partial charge on any atom is 0.236 e. The predicted octanol–water partition coefficient (Wildman–Crippen LogP) is 3.64. The van der Waals surface area contributed by atoms with Gasteiger partial charge in [-0.05, 0) is 37.1 Å². The van der Waals surface area contributed by atoms with Gasteiger partial charge in [-0.2, -0.15) is 10.2 Å². The summed E-state index contributed by atoms with van der Waals surface area (Å²) in [5.74, 6) is 1.10. The molecule has 0 atom stereocenters. The van der Waals surface area contributed by atoms with Crippen molar-refractivity contribution in [2.24, 2.45) is 0 Å². The topological polar surface area (TPSA) is 62.3 Å². The zero-order valence-corrected chi connectivity index (χ0v) is 12.8. The van der Waals surface area contributed by atoms with Gasteiger partial charge in [0.05, 0.1) is 0 Å². The number of hydrogen-bond donors (Lipinski definition) is 0. The number of benzene rings is 1. The highest BCUT2D eigenvalue weighted by molar-refractivity contribution is 5.48. The Labute approximate surface area is 134 Å². The highest BCUT2D eigenvalue weighted by atomic mass is 19.1. The fraction of sp³-hybridized carbons (Fsp3) is 0.412. The van der Waals surface area contributed by atoms with E-state index in [9.17, 15) is 9.65 Å². The highest BCUT2D eigenvalue weighted by Gasteiger charge is 2.20. The first-order valence-corrected chi connectivity index (χ1v) is 7.79. The second-order valence-corrected chi connectivity index (χ2v) is 5.52. The molecule has 2 heterocycles. The van der Waals surface area contributed by atoms with E-state index in [1.54, 1.807) is 12.1 Å². The molecule has 1 fully saturated rings. The minimum absolute atomic E-state index is 0.105. The molecule has 0 saturated carbocycles. The van der Waals surface area contributed by atoms with Crippen LogP contribution in [0.15, 0.2) is 28.7 Å². The van der Waals surface area contributed by atoms with E-state index in [1.807, 2.05) is 0 Å². The minimum atomic E-state index is -0.316. The van der Waals surface area contributed by atoms with Crippen LogP contribution >= 0.6 is 0 Å². The molecule has 5 nitrogen and oxygen atoms in total. The van der Waals surface area contributed by atoms with E-state index < -0.39 is 0 Å². The third-order valence-corrected chi connectivity index (χ3v) is 3.83. The summed E-state index contributed by atoms with van der Waals surface area (Å²) in [4.78, 5) is 6.28. The molecule has 1 aliphatic heterocycles. The standard InChI is InChI=1S/C17H18FN3O2/c18-13-5-7-14(8-6-13)22-12-16-20-15(11-19)17(23-16)21-9-3-1-2-4-10-21/h5-8H,1-4,9-10,12H2. The van der Waals surface area contributed by atoms with Gasteiger partial charge in [-0.15, -0.1) is 0 Å². The molecular weight excluding hydrogens is 297 g/mol. The molecule has 23 heavy (non-hydrogen) atoms. The first-order chi connectivity index (χ1) is 11.3. The van der Waals surface area contributed by atoms with Gasteiger partial charge in [-0.25, -0.2) is 4.39 Å². The second kappa shape index (κ2) is 7.14. The van der Waals surface area contributed by atoms with Crippen LogP contribution in [0.3, 0.4) is 0 Å². The lowest BCUT2D eigenvalue weighted by Gasteiger charge is -2.18. The number of anilines is 1. The molecule has 0 aliphatic carbocycles. The highest BCUT2D eigenvalue weighted by Crippen LogP contribution is 2.25. The molecule has 0 amide bonds. The normalized spacial score (nSPS) is 15.0. The number of hydrogen-bond acceptors (Lipinski definition) is 5. The van der Waals surface area contributed by atoms with Gasteiger partial charge in [0.2, 0.25) is 17.5 Å². The molecule has 0 unspecified atom stereocenters. The fourth-order valence-electron chi connectivity index (χ4n) is 2.65. The van der Waals surface area contributed by atoms with Crippen LogP contribution in [0.2, 0.25) is 0 Å². The Kier molecular flexibility index (Phi) is 4.77. The van der Waals surface area contributed by atoms with E-state index in [-0.39, 0.29) is 12.4 Å². The molecule has 1 aliphatic rings. The van der Waals surface area contributed by atoms with Crippen LogP contribution in [0.1, 0.15) is 37.3 Å². The Balaban J connectivity index is 1.70. The molecule has 120 valence electrons. The first kappa shape index (κ1) is 15.3. The number of ether oxygens (including phenoxy) is 1. The molecule has 0 spiro atoms. The van der Waals surface area contributed by atoms with Gasteiger partial charge >= 0.3 is 0 Å². The smallest absolute Gasteiger partial charge is 0.236 e. The van der Waals surface area contributed by atoms with E-state index in [4.69, 9.17) is 9.15 Å². The van der Waals surface area contributed by atoms with Crippen LogP contribution in [0.25, 0.3) is 0 Å². The SMILES string of the molecule is N#Cc1nc(COc2ccc(F)cc2)oc1N1CCCCCC1. The van der Waals surface area contributed by atoms with Crippen LogP contribution in [0.5, 0.6) is 5.75 Å². The van der Waals surface area contributed by atoms with Gasteiger partial charge < -0.3 is 14.1 Å². The number of rotatable bonds is 4. The maximum atomic E-state index is 12.9. The lowest BCUT2D eigenvalue weighted by atomic mass is 10.2. The molecule has 0 bridgehead atoms. The zero-order chi connectivity index (χ0) is 16.1. The first-order valence-electron chi connectivity index (χ1n) is 7.79. The van der Waals surface area contributed by atoms with Crippen molar-refractivity contribution < 1.29 is 13.5 Å². The summed E-state index contributed by atoms with van der Waals surface area (Å²) in [5, 5.41) is 9.27. The van der Waals surface area contributed by atoms with Crippen molar-refractivity contribution in [3.8, 4) is 11.8 Å². The Hall–Kier alpha value is -2.55. The predicted molar refractivity (Wildman–Crippen MR) is 82.6 cm³/mol. The quantitative estimate of drug-likeness (QED) is 0.862. The average Bonchev–Trinajstić information content (AvgIpc) is 2.79. The third kappa shape index (κ3) is 3.81. The van der Waals surface area contributed by atoms with Gasteiger partial charge in [0, 0.05) is 13.1 Å². The minimum Gasteiger partial charge on any atom is -0.484 e. The van der Waals surface area contributed by atoms with Crippen molar-refractivity contribution in [2.75, 3.05) is 18.0 Å². The molecule has 1 aromatic carbocycles. The summed E-state index contributed by atoms with van der Waals surface area (Å²) < 4.78 is 24.1. The van der Waals surface area contributed by atoms with E-state index in [1.165, 1.54) is 25.0 Å². The van der Waals surface area contributed by atoms with Gasteiger partial charge in [0.25, 0.3) is 0 Å². The van der Waals surface area contributed by atoms with E-state index in [0.717, 1.165) is 25.9 Å². The number of aromatic nitrogens is 1. The number of halogens is 1. The van der Waals surface area contributed by atoms with Crippen molar-refractivity contribution in [1.29, 1.82) is 5.26 Å². The summed E-state index contributed by atoms with van der Waals surface area (Å²) in [7, 11) is 0. The lowest BCUT2D eigenvalue weighted by molar-refractivity contribution is 0.263. The molecule has 0 radical (unpaired) electrons. The summed E-state index contributed by atoms with van der Waals surface area (Å²) in [6.07, 6.45) is 4.58. The van der Waals surface area contributed by atoms with Crippen LogP contribution in [0.4, 0.5) is 10.3 Å². The number of nitriles is 1. The summed E-state index contributed by atoms with van der Waals surface area (Å²) in [5.41, 5.74) is 0.296. The van der Waals surface area contributed by atoms with Crippen LogP contribution in [-0.2, 0) is 6.61 Å². The summed E-state index contributed by atoms with van der Waals surface area (Å²) >= 11 is 0. The third-order valence-electron chi connectivity index (χ3n) is 3.83. The van der Waals surface area contributed by atoms with Gasteiger partial charge in [-0.3, -0.25) is 0 Å². The van der Waals surface area contributed by atoms with E-state index in [0.29, 0.717) is 23.2 Å². The zero-order valence-electron chi connectivity index (χ0n) is 12.8. The van der Waals surface area contributed by atoms with Gasteiger partial charge in [0.15, 0.2) is 6.61 Å². The molecule has 0 N–H and O–H groups in total. The molecule has 3 rings (SSSR count). The molecule has 6 heteroatoms. The Morgan fingerprint density at radius 1 is 1.17 bits per heavy atom. The fourth-order valence-corrected chi connectivity index (χ4v) is 2.65. The van der Waals surface area contributed by atoms with Crippen LogP contribution in [0, 0.1) is 17.1 Å². The summed E-state index contributed by atoms with van der Waals surface area (Å²) in [6.45, 7) is 1.86. The number of nitrogens with zero attached hydrogens (tertiary/aromatic N) is 3. The Morgan fingerprint density at radius 2 is 1.87 bits per heavy atom. The van der Waals surface area contributed by atoms with Crippen molar-refractivity contribution in [3.63, 3.8) is 0 Å². The van der Waals surface area contributed by atoms with Crippen molar-refractivity contribution in [2.45, 2.75) is 32.3 Å². The number of oxazole rings is 1. The average molecular weight is 315 g/mol. The molecule has 2 aromatic rings. The Morgan fingerprint density at radius 3 is 2.52 bits per heavy atom. The lowest BCUT2D eigenvalue weighted by Crippen LogP contribution is -2.24. The van der Waals surface area contributed by atoms with Crippen molar-refractivity contribution >= 4 is 5.88 Å². The largest absolute Gasteiger partial charge is 0.484 e. The Bertz CT molecular complexity index is 683. The molecule has 1 aromatic heterocycles. The molecular formula is C17H18FN3O2.